The minimum atomic E-state index is -3.18. The zero-order chi connectivity index (χ0) is 21.4. The van der Waals surface area contributed by atoms with E-state index in [-0.39, 0.29) is 38.7 Å². The lowest BCUT2D eigenvalue weighted by Crippen LogP contribution is -2.57. The number of hydrogen-bond donors (Lipinski definition) is 1. The molecule has 158 valence electrons. The standard InChI is InChI=1S/C22H23F2N3O2S/c1-3-4-15-9-16(12-26-11-15)17-10-18(30-13-17)20(2)22(23,24)21(5-7-28-8-6-21)14-29-19(25)27-20/h9-13H,5-8,14H2,1-2H3,(H2,25,27). The van der Waals surface area contributed by atoms with E-state index in [0.717, 1.165) is 16.7 Å². The van der Waals surface area contributed by atoms with E-state index in [0.29, 0.717) is 4.88 Å². The van der Waals surface area contributed by atoms with Crippen molar-refractivity contribution in [2.45, 2.75) is 38.2 Å². The molecule has 0 amide bonds. The van der Waals surface area contributed by atoms with Crippen molar-refractivity contribution in [1.29, 1.82) is 0 Å². The third-order valence-corrected chi connectivity index (χ3v) is 7.12. The Morgan fingerprint density at radius 1 is 1.17 bits per heavy atom. The summed E-state index contributed by atoms with van der Waals surface area (Å²) in [6, 6.07) is 3.43. The predicted octanol–water partition coefficient (Wildman–Crippen LogP) is 4.17. The smallest absolute Gasteiger partial charge is 0.286 e. The molecule has 30 heavy (non-hydrogen) atoms. The van der Waals surface area contributed by atoms with Crippen LogP contribution in [0.3, 0.4) is 0 Å². The van der Waals surface area contributed by atoms with Gasteiger partial charge in [-0.15, -0.1) is 17.3 Å². The first-order chi connectivity index (χ1) is 14.3. The van der Waals surface area contributed by atoms with Gasteiger partial charge in [-0.1, -0.05) is 5.92 Å². The van der Waals surface area contributed by atoms with Gasteiger partial charge in [-0.25, -0.2) is 13.8 Å². The number of thiophene rings is 1. The average molecular weight is 432 g/mol. The van der Waals surface area contributed by atoms with E-state index < -0.39 is 16.9 Å². The maximum Gasteiger partial charge on any atom is 0.286 e. The van der Waals surface area contributed by atoms with Crippen molar-refractivity contribution in [3.8, 4) is 23.0 Å². The van der Waals surface area contributed by atoms with E-state index in [1.165, 1.54) is 18.3 Å². The molecule has 1 fully saturated rings. The Balaban J connectivity index is 1.78. The van der Waals surface area contributed by atoms with Gasteiger partial charge in [0, 0.05) is 41.6 Å². The van der Waals surface area contributed by atoms with Crippen LogP contribution in [0.1, 0.15) is 37.1 Å². The summed E-state index contributed by atoms with van der Waals surface area (Å²) < 4.78 is 43.1. The number of amidine groups is 1. The summed E-state index contributed by atoms with van der Waals surface area (Å²) >= 11 is 1.24. The molecule has 0 aliphatic carbocycles. The van der Waals surface area contributed by atoms with Gasteiger partial charge in [0.2, 0.25) is 0 Å². The first-order valence-corrected chi connectivity index (χ1v) is 10.6. The number of nitrogens with zero attached hydrogens (tertiary/aromatic N) is 2. The van der Waals surface area contributed by atoms with Gasteiger partial charge in [-0.05, 0) is 49.8 Å². The van der Waals surface area contributed by atoms with Crippen LogP contribution >= 0.6 is 11.3 Å². The lowest BCUT2D eigenvalue weighted by atomic mass is 9.68. The lowest BCUT2D eigenvalue weighted by molar-refractivity contribution is -0.207. The molecule has 1 spiro atoms. The van der Waals surface area contributed by atoms with Gasteiger partial charge in [-0.2, -0.15) is 0 Å². The first-order valence-electron chi connectivity index (χ1n) is 9.72. The monoisotopic (exact) mass is 431 g/mol. The summed E-state index contributed by atoms with van der Waals surface area (Å²) in [6.07, 6.45) is 3.75. The minimum absolute atomic E-state index is 0.172. The van der Waals surface area contributed by atoms with Crippen LogP contribution in [0, 0.1) is 17.3 Å². The zero-order valence-electron chi connectivity index (χ0n) is 16.9. The van der Waals surface area contributed by atoms with Crippen LogP contribution in [0.15, 0.2) is 34.9 Å². The second-order valence-corrected chi connectivity index (χ2v) is 8.73. The van der Waals surface area contributed by atoms with Crippen LogP contribution in [0.4, 0.5) is 8.78 Å². The number of pyridine rings is 1. The summed E-state index contributed by atoms with van der Waals surface area (Å²) in [6.45, 7) is 3.55. The molecule has 2 N–H and O–H groups in total. The van der Waals surface area contributed by atoms with Crippen molar-refractivity contribution in [2.75, 3.05) is 19.8 Å². The van der Waals surface area contributed by atoms with Crippen LogP contribution in [0.2, 0.25) is 0 Å². The highest BCUT2D eigenvalue weighted by Crippen LogP contribution is 2.57. The van der Waals surface area contributed by atoms with Crippen LogP contribution in [0.5, 0.6) is 0 Å². The maximum atomic E-state index is 16.2. The fraction of sp³-hybridized carbons (Fsp3) is 0.455. The van der Waals surface area contributed by atoms with Crippen molar-refractivity contribution in [1.82, 2.24) is 4.98 Å². The number of rotatable bonds is 2. The number of alkyl halides is 2. The summed E-state index contributed by atoms with van der Waals surface area (Å²) in [5, 5.41) is 1.84. The number of aromatic nitrogens is 1. The molecule has 1 atom stereocenters. The van der Waals surface area contributed by atoms with Crippen LogP contribution in [-0.2, 0) is 15.0 Å². The van der Waals surface area contributed by atoms with Crippen molar-refractivity contribution in [2.24, 2.45) is 16.1 Å². The summed E-state index contributed by atoms with van der Waals surface area (Å²) in [5.74, 6) is 2.62. The van der Waals surface area contributed by atoms with Crippen LogP contribution in [0.25, 0.3) is 11.1 Å². The van der Waals surface area contributed by atoms with E-state index >= 15 is 8.78 Å². The topological polar surface area (TPSA) is 69.7 Å². The van der Waals surface area contributed by atoms with Gasteiger partial charge in [0.1, 0.15) is 6.61 Å². The predicted molar refractivity (Wildman–Crippen MR) is 112 cm³/mol. The Morgan fingerprint density at radius 3 is 2.67 bits per heavy atom. The number of aliphatic imine (C=N–C) groups is 1. The van der Waals surface area contributed by atoms with Gasteiger partial charge in [0.05, 0.1) is 5.41 Å². The molecular weight excluding hydrogens is 408 g/mol. The van der Waals surface area contributed by atoms with E-state index in [9.17, 15) is 0 Å². The highest BCUT2D eigenvalue weighted by molar-refractivity contribution is 7.10. The molecule has 2 aromatic heterocycles. The molecule has 2 aliphatic heterocycles. The van der Waals surface area contributed by atoms with Gasteiger partial charge in [-0.3, -0.25) is 4.98 Å². The van der Waals surface area contributed by atoms with E-state index in [1.54, 1.807) is 25.4 Å². The zero-order valence-corrected chi connectivity index (χ0v) is 17.7. The number of halogens is 2. The SMILES string of the molecule is CC#Cc1cncc(-c2csc(C3(C)N=C(N)OCC4(CCOCC4)C3(F)F)c2)c1. The van der Waals surface area contributed by atoms with Gasteiger partial charge in [0.15, 0.2) is 5.54 Å². The van der Waals surface area contributed by atoms with E-state index in [4.69, 9.17) is 15.2 Å². The van der Waals surface area contributed by atoms with Crippen molar-refractivity contribution in [3.63, 3.8) is 0 Å². The Morgan fingerprint density at radius 2 is 1.93 bits per heavy atom. The fourth-order valence-electron chi connectivity index (χ4n) is 4.13. The van der Waals surface area contributed by atoms with Crippen molar-refractivity contribution >= 4 is 17.4 Å². The molecule has 1 saturated heterocycles. The summed E-state index contributed by atoms with van der Waals surface area (Å²) in [4.78, 5) is 8.83. The van der Waals surface area contributed by atoms with Crippen LogP contribution in [-0.4, -0.2) is 36.7 Å². The number of hydrogen-bond acceptors (Lipinski definition) is 6. The molecule has 2 aromatic rings. The highest BCUT2D eigenvalue weighted by Gasteiger charge is 2.67. The maximum absolute atomic E-state index is 16.2. The Bertz CT molecular complexity index is 1030. The van der Waals surface area contributed by atoms with Gasteiger partial charge in [0.25, 0.3) is 11.9 Å². The molecule has 0 radical (unpaired) electrons. The van der Waals surface area contributed by atoms with Gasteiger partial charge >= 0.3 is 0 Å². The van der Waals surface area contributed by atoms with Crippen molar-refractivity contribution < 1.29 is 18.3 Å². The van der Waals surface area contributed by atoms with E-state index in [1.807, 2.05) is 11.4 Å². The number of ether oxygens (including phenoxy) is 2. The molecule has 1 unspecified atom stereocenters. The Hall–Kier alpha value is -2.50. The molecule has 4 rings (SSSR count). The quantitative estimate of drug-likeness (QED) is 0.725. The molecular formula is C22H23F2N3O2S. The molecule has 5 nitrogen and oxygen atoms in total. The molecule has 2 aliphatic rings. The summed E-state index contributed by atoms with van der Waals surface area (Å²) in [5.41, 5.74) is 5.02. The average Bonchev–Trinajstić information content (AvgIpc) is 3.22. The second kappa shape index (κ2) is 7.64. The number of nitrogens with two attached hydrogens (primary N) is 1. The van der Waals surface area contributed by atoms with Crippen LogP contribution < -0.4 is 5.73 Å². The largest absolute Gasteiger partial charge is 0.465 e. The lowest BCUT2D eigenvalue weighted by Gasteiger charge is -2.46. The van der Waals surface area contributed by atoms with Gasteiger partial charge < -0.3 is 15.2 Å². The normalized spacial score (nSPS) is 24.9. The highest BCUT2D eigenvalue weighted by atomic mass is 32.1. The molecule has 8 heteroatoms. The Kier molecular flexibility index (Phi) is 5.28. The second-order valence-electron chi connectivity index (χ2n) is 7.81. The third-order valence-electron chi connectivity index (χ3n) is 5.98. The van der Waals surface area contributed by atoms with E-state index in [2.05, 4.69) is 21.8 Å². The fourth-order valence-corrected chi connectivity index (χ4v) is 5.18. The molecule has 0 saturated carbocycles. The third kappa shape index (κ3) is 3.26. The molecule has 4 heterocycles. The molecule has 0 bridgehead atoms. The first kappa shape index (κ1) is 20.8. The van der Waals surface area contributed by atoms with Crippen molar-refractivity contribution in [3.05, 3.63) is 40.3 Å². The molecule has 0 aromatic carbocycles. The Labute approximate surface area is 178 Å². The minimum Gasteiger partial charge on any atom is -0.465 e. The summed E-state index contributed by atoms with van der Waals surface area (Å²) in [7, 11) is 0.